The van der Waals surface area contributed by atoms with E-state index in [1.54, 1.807) is 6.20 Å². The zero-order chi connectivity index (χ0) is 14.5. The maximum absolute atomic E-state index is 9.22. The van der Waals surface area contributed by atoms with Crippen molar-refractivity contribution in [2.75, 3.05) is 6.61 Å². The molecule has 1 rings (SSSR count). The lowest BCUT2D eigenvalue weighted by Crippen LogP contribution is -2.41. The van der Waals surface area contributed by atoms with Crippen LogP contribution in [0.25, 0.3) is 0 Å². The van der Waals surface area contributed by atoms with Crippen LogP contribution < -0.4 is 0 Å². The zero-order valence-corrected chi connectivity index (χ0v) is 13.9. The van der Waals surface area contributed by atoms with Crippen LogP contribution in [-0.2, 0) is 17.5 Å². The summed E-state index contributed by atoms with van der Waals surface area (Å²) in [5, 5.41) is 9.49. The first-order valence-electron chi connectivity index (χ1n) is 6.95. The van der Waals surface area contributed by atoms with Gasteiger partial charge in [0, 0.05) is 12.8 Å². The van der Waals surface area contributed by atoms with Crippen molar-refractivity contribution in [2.24, 2.45) is 0 Å². The van der Waals surface area contributed by atoms with Crippen LogP contribution in [0.15, 0.2) is 18.3 Å². The van der Waals surface area contributed by atoms with Gasteiger partial charge in [0.25, 0.3) is 0 Å². The second-order valence-corrected chi connectivity index (χ2v) is 11.3. The van der Waals surface area contributed by atoms with Gasteiger partial charge in [0.15, 0.2) is 8.32 Å². The van der Waals surface area contributed by atoms with Gasteiger partial charge in [-0.1, -0.05) is 26.8 Å². The van der Waals surface area contributed by atoms with Gasteiger partial charge in [-0.15, -0.1) is 0 Å². The number of nitrogens with zero attached hydrogens (tertiary/aromatic N) is 1. The lowest BCUT2D eigenvalue weighted by molar-refractivity contribution is 0.271. The molecule has 0 aliphatic carbocycles. The van der Waals surface area contributed by atoms with E-state index in [0.717, 1.165) is 30.7 Å². The lowest BCUT2D eigenvalue weighted by atomic mass is 10.1. The Morgan fingerprint density at radius 1 is 1.32 bits per heavy atom. The van der Waals surface area contributed by atoms with E-state index >= 15 is 0 Å². The number of pyridine rings is 1. The number of aromatic nitrogens is 1. The van der Waals surface area contributed by atoms with Crippen molar-refractivity contribution in [1.82, 2.24) is 4.98 Å². The molecule has 0 aliphatic rings. The largest absolute Gasteiger partial charge is 0.417 e. The van der Waals surface area contributed by atoms with Crippen LogP contribution in [0.3, 0.4) is 0 Å². The molecule has 3 nitrogen and oxygen atoms in total. The second kappa shape index (κ2) is 6.64. The molecular weight excluding hydrogens is 254 g/mol. The number of aliphatic hydroxyl groups is 1. The number of hydrogen-bond donors (Lipinski definition) is 1. The molecule has 19 heavy (non-hydrogen) atoms. The summed E-state index contributed by atoms with van der Waals surface area (Å²) in [5.74, 6) is 0. The topological polar surface area (TPSA) is 42.4 Å². The summed E-state index contributed by atoms with van der Waals surface area (Å²) in [6.45, 7) is 12.1. The highest BCUT2D eigenvalue weighted by molar-refractivity contribution is 6.74. The van der Waals surface area contributed by atoms with E-state index in [1.807, 2.05) is 12.1 Å². The molecule has 0 unspecified atom stereocenters. The van der Waals surface area contributed by atoms with Gasteiger partial charge in [-0.25, -0.2) is 0 Å². The van der Waals surface area contributed by atoms with E-state index in [2.05, 4.69) is 38.8 Å². The summed E-state index contributed by atoms with van der Waals surface area (Å²) in [6.07, 6.45) is 3.62. The molecule has 0 saturated heterocycles. The van der Waals surface area contributed by atoms with Gasteiger partial charge < -0.3 is 9.53 Å². The highest BCUT2D eigenvalue weighted by atomic mass is 28.4. The summed E-state index contributed by atoms with van der Waals surface area (Å²) in [7, 11) is -1.63. The lowest BCUT2D eigenvalue weighted by Gasteiger charge is -2.36. The van der Waals surface area contributed by atoms with Crippen molar-refractivity contribution in [2.45, 2.75) is 58.4 Å². The minimum atomic E-state index is -1.63. The van der Waals surface area contributed by atoms with Crippen LogP contribution in [0, 0.1) is 0 Å². The Balaban J connectivity index is 2.43. The normalized spacial score (nSPS) is 12.7. The first-order valence-corrected chi connectivity index (χ1v) is 9.86. The third kappa shape index (κ3) is 4.71. The molecule has 1 aromatic heterocycles. The standard InChI is InChI=1S/C15H27NO2Si/c1-15(2,3)19(4,5)18-11-7-9-13-8-6-10-16-14(13)12-17/h6,8,10,17H,7,9,11-12H2,1-5H3. The van der Waals surface area contributed by atoms with Crippen LogP contribution in [-0.4, -0.2) is 25.0 Å². The molecule has 108 valence electrons. The fraction of sp³-hybridized carbons (Fsp3) is 0.667. The molecule has 0 bridgehead atoms. The Morgan fingerprint density at radius 3 is 2.58 bits per heavy atom. The third-order valence-corrected chi connectivity index (χ3v) is 8.53. The van der Waals surface area contributed by atoms with Gasteiger partial charge >= 0.3 is 0 Å². The third-order valence-electron chi connectivity index (χ3n) is 3.99. The van der Waals surface area contributed by atoms with Gasteiger partial charge in [0.05, 0.1) is 12.3 Å². The van der Waals surface area contributed by atoms with E-state index in [0.29, 0.717) is 0 Å². The van der Waals surface area contributed by atoms with Crippen LogP contribution >= 0.6 is 0 Å². The fourth-order valence-electron chi connectivity index (χ4n) is 1.65. The van der Waals surface area contributed by atoms with E-state index in [-0.39, 0.29) is 11.6 Å². The Kier molecular flexibility index (Phi) is 5.71. The van der Waals surface area contributed by atoms with Crippen molar-refractivity contribution in [3.8, 4) is 0 Å². The van der Waals surface area contributed by atoms with Crippen molar-refractivity contribution >= 4 is 8.32 Å². The molecule has 1 heterocycles. The van der Waals surface area contributed by atoms with Crippen molar-refractivity contribution in [3.63, 3.8) is 0 Å². The van der Waals surface area contributed by atoms with Crippen LogP contribution in [0.5, 0.6) is 0 Å². The first-order chi connectivity index (χ1) is 8.78. The molecule has 0 aliphatic heterocycles. The summed E-state index contributed by atoms with van der Waals surface area (Å²) in [5.41, 5.74) is 1.92. The summed E-state index contributed by atoms with van der Waals surface area (Å²) in [4.78, 5) is 4.18. The predicted molar refractivity (Wildman–Crippen MR) is 81.6 cm³/mol. The van der Waals surface area contributed by atoms with E-state index in [1.165, 1.54) is 0 Å². The number of hydrogen-bond acceptors (Lipinski definition) is 3. The molecule has 0 fully saturated rings. The molecule has 0 aromatic carbocycles. The number of aryl methyl sites for hydroxylation is 1. The van der Waals surface area contributed by atoms with Crippen LogP contribution in [0.4, 0.5) is 0 Å². The molecule has 0 saturated carbocycles. The van der Waals surface area contributed by atoms with Crippen molar-refractivity contribution in [3.05, 3.63) is 29.6 Å². The zero-order valence-electron chi connectivity index (χ0n) is 12.9. The van der Waals surface area contributed by atoms with Gasteiger partial charge in [0.2, 0.25) is 0 Å². The van der Waals surface area contributed by atoms with Gasteiger partial charge in [-0.05, 0) is 42.6 Å². The molecule has 4 heteroatoms. The molecule has 1 aromatic rings. The SMILES string of the molecule is CC(C)(C)[Si](C)(C)OCCCc1cccnc1CO. The minimum Gasteiger partial charge on any atom is -0.417 e. The van der Waals surface area contributed by atoms with E-state index in [4.69, 9.17) is 4.43 Å². The summed E-state index contributed by atoms with van der Waals surface area (Å²) >= 11 is 0. The van der Waals surface area contributed by atoms with Crippen LogP contribution in [0.2, 0.25) is 18.1 Å². The Bertz CT molecular complexity index is 399. The summed E-state index contributed by atoms with van der Waals surface area (Å²) in [6, 6.07) is 3.95. The monoisotopic (exact) mass is 281 g/mol. The molecule has 1 N–H and O–H groups in total. The van der Waals surface area contributed by atoms with Gasteiger partial charge in [-0.3, -0.25) is 4.98 Å². The molecule has 0 radical (unpaired) electrons. The molecular formula is C15H27NO2Si. The average Bonchev–Trinajstić information content (AvgIpc) is 2.33. The van der Waals surface area contributed by atoms with Gasteiger partial charge in [0.1, 0.15) is 0 Å². The van der Waals surface area contributed by atoms with Crippen molar-refractivity contribution < 1.29 is 9.53 Å². The maximum atomic E-state index is 9.22. The Hall–Kier alpha value is -0.713. The Morgan fingerprint density at radius 2 is 2.00 bits per heavy atom. The number of aliphatic hydroxyl groups excluding tert-OH is 1. The minimum absolute atomic E-state index is 0.0132. The summed E-state index contributed by atoms with van der Waals surface area (Å²) < 4.78 is 6.15. The number of rotatable bonds is 6. The van der Waals surface area contributed by atoms with E-state index < -0.39 is 8.32 Å². The van der Waals surface area contributed by atoms with Gasteiger partial charge in [-0.2, -0.15) is 0 Å². The smallest absolute Gasteiger partial charge is 0.191 e. The molecule has 0 amide bonds. The van der Waals surface area contributed by atoms with E-state index in [9.17, 15) is 5.11 Å². The quantitative estimate of drug-likeness (QED) is 0.641. The molecule has 0 spiro atoms. The first kappa shape index (κ1) is 16.3. The Labute approximate surface area is 118 Å². The average molecular weight is 281 g/mol. The van der Waals surface area contributed by atoms with Crippen LogP contribution in [0.1, 0.15) is 38.4 Å². The highest BCUT2D eigenvalue weighted by Crippen LogP contribution is 2.36. The predicted octanol–water partition coefficient (Wildman–Crippen LogP) is 3.53. The second-order valence-electron chi connectivity index (χ2n) is 6.48. The fourth-order valence-corrected chi connectivity index (χ4v) is 2.74. The van der Waals surface area contributed by atoms with Crippen molar-refractivity contribution in [1.29, 1.82) is 0 Å². The highest BCUT2D eigenvalue weighted by Gasteiger charge is 2.36. The maximum Gasteiger partial charge on any atom is 0.191 e. The molecule has 0 atom stereocenters.